The number of carbonyl (C=O) groups is 6. The molecule has 0 aromatic carbocycles. The summed E-state index contributed by atoms with van der Waals surface area (Å²) in [5.41, 5.74) is -1.02. The molecule has 15 rings (SSSR count). The molecule has 26 atom stereocenters. The zero-order valence-electron chi connectivity index (χ0n) is 56.8. The molecule has 15 aliphatic carbocycles. The van der Waals surface area contributed by atoms with E-state index in [1.165, 1.54) is 89.9 Å². The van der Waals surface area contributed by atoms with Gasteiger partial charge in [0.2, 0.25) is 0 Å². The Bertz CT molecular complexity index is 2600. The van der Waals surface area contributed by atoms with Gasteiger partial charge in [0.05, 0.1) is 35.0 Å². The average Bonchev–Trinajstić information content (AvgIpc) is 1.56. The lowest BCUT2D eigenvalue weighted by atomic mass is 9.66. The fraction of sp³-hybridized carbons (Fsp3) is 0.922. The van der Waals surface area contributed by atoms with E-state index in [1.54, 1.807) is 0 Å². The van der Waals surface area contributed by atoms with Crippen LogP contribution in [0.1, 0.15) is 268 Å². The van der Waals surface area contributed by atoms with Crippen LogP contribution in [0.3, 0.4) is 0 Å². The molecule has 0 aromatic rings. The van der Waals surface area contributed by atoms with Gasteiger partial charge in [0, 0.05) is 0 Å². The summed E-state index contributed by atoms with van der Waals surface area (Å²) in [4.78, 5) is 77.3. The maximum absolute atomic E-state index is 13.3. The Labute approximate surface area is 535 Å². The van der Waals surface area contributed by atoms with Gasteiger partial charge in [-0.3, -0.25) is 28.8 Å². The summed E-state index contributed by atoms with van der Waals surface area (Å²) < 4.78 is 36.8. The van der Waals surface area contributed by atoms with Crippen molar-refractivity contribution in [1.82, 2.24) is 0 Å². The SMILES string of the molecule is CCC(C)C(=O)OC1CC2CC1C1C3CC(CC3C(=O)OC3(C)CCCCC3)C21.CCC(C)C(=O)OC1CC2CC1C1C3CC(CC3C(=O)OC3(CC)CCCCC3)C21.CCC1(OC(=O)C2CC3CC2C2C4CC(CC4OC(=O)C(C)(C)CC)C32)CCCC1. The molecule has 0 amide bonds. The first-order valence-corrected chi connectivity index (χ1v) is 37.9. The Morgan fingerprint density at radius 1 is 0.393 bits per heavy atom. The largest absolute Gasteiger partial charge is 0.462 e. The minimum Gasteiger partial charge on any atom is -0.462 e. The third-order valence-corrected chi connectivity index (χ3v) is 29.9. The lowest BCUT2D eigenvalue weighted by Gasteiger charge is -2.42. The number of carbonyl (C=O) groups excluding carboxylic acids is 6. The number of ether oxygens (including phenoxy) is 6. The number of fused-ring (bicyclic) bond motifs is 27. The molecule has 26 unspecified atom stereocenters. The van der Waals surface area contributed by atoms with Gasteiger partial charge in [-0.05, 0) is 313 Å². The standard InChI is InChI=1S/2C26H40O4.C25H38O4/c1-5-25(3,4)24(28)29-20-14-16-13-19(20)22-17-11-15(21(16)22)12-18(17)23(27)30-26(6-2)9-7-8-10-26;1-4-15(3)24(27)29-21-14-17-13-20(21)23-18-11-16(22(17)23)12-19(18)25(28)30-26(5-2)9-7-6-8-10-26;1-4-14(2)23(26)28-20-13-16-12-19(20)22-17-10-15(21(16)22)11-18(17)24(27)29-25(3)8-6-5-7-9-25/h15-22H,5-14H2,1-4H3;15-23H,4-14H2,1-3H3;14-22H,4-13H2,1-3H3. The minimum absolute atomic E-state index is 0.0103. The molecule has 0 saturated heterocycles. The summed E-state index contributed by atoms with van der Waals surface area (Å²) in [6.45, 7) is 20.5. The highest BCUT2D eigenvalue weighted by molar-refractivity contribution is 5.77. The van der Waals surface area contributed by atoms with Crippen molar-refractivity contribution in [3.8, 4) is 0 Å². The van der Waals surface area contributed by atoms with Gasteiger partial charge < -0.3 is 28.4 Å². The molecule has 0 N–H and O–H groups in total. The van der Waals surface area contributed by atoms with E-state index in [2.05, 4.69) is 27.7 Å². The minimum atomic E-state index is -0.405. The van der Waals surface area contributed by atoms with Gasteiger partial charge in [-0.15, -0.1) is 0 Å². The first-order chi connectivity index (χ1) is 42.6. The van der Waals surface area contributed by atoms with E-state index in [0.29, 0.717) is 88.8 Å². The Morgan fingerprint density at radius 2 is 0.708 bits per heavy atom. The fourth-order valence-electron chi connectivity index (χ4n) is 24.7. The van der Waals surface area contributed by atoms with Crippen molar-refractivity contribution in [1.29, 1.82) is 0 Å². The van der Waals surface area contributed by atoms with E-state index >= 15 is 0 Å². The smallest absolute Gasteiger partial charge is 0.311 e. The third-order valence-electron chi connectivity index (χ3n) is 29.9. The number of rotatable bonds is 17. The van der Waals surface area contributed by atoms with E-state index in [9.17, 15) is 28.8 Å². The van der Waals surface area contributed by atoms with Gasteiger partial charge in [0.15, 0.2) is 0 Å². The van der Waals surface area contributed by atoms with E-state index in [4.69, 9.17) is 28.4 Å². The molecule has 89 heavy (non-hydrogen) atoms. The molecule has 0 aliphatic heterocycles. The highest BCUT2D eigenvalue weighted by Gasteiger charge is 2.70. The van der Waals surface area contributed by atoms with Crippen molar-refractivity contribution in [3.05, 3.63) is 0 Å². The van der Waals surface area contributed by atoms with Crippen molar-refractivity contribution < 1.29 is 57.2 Å². The number of hydrogen-bond acceptors (Lipinski definition) is 12. The summed E-state index contributed by atoms with van der Waals surface area (Å²) >= 11 is 0. The molecule has 15 aliphatic rings. The van der Waals surface area contributed by atoms with E-state index in [0.717, 1.165) is 127 Å². The lowest BCUT2D eigenvalue weighted by Crippen LogP contribution is -2.44. The van der Waals surface area contributed by atoms with Gasteiger partial charge in [-0.2, -0.15) is 0 Å². The molecule has 12 bridgehead atoms. The van der Waals surface area contributed by atoms with E-state index in [1.807, 2.05) is 41.5 Å². The zero-order valence-corrected chi connectivity index (χ0v) is 56.8. The zero-order chi connectivity index (χ0) is 62.6. The Morgan fingerprint density at radius 3 is 1.06 bits per heavy atom. The monoisotopic (exact) mass is 1230 g/mol. The van der Waals surface area contributed by atoms with Gasteiger partial charge in [-0.25, -0.2) is 0 Å². The first kappa shape index (κ1) is 64.5. The first-order valence-electron chi connectivity index (χ1n) is 37.9. The molecule has 15 fully saturated rings. The topological polar surface area (TPSA) is 158 Å². The van der Waals surface area contributed by atoms with E-state index in [-0.39, 0.29) is 101 Å². The average molecular weight is 1240 g/mol. The maximum Gasteiger partial charge on any atom is 0.311 e. The third kappa shape index (κ3) is 11.6. The molecule has 0 heterocycles. The number of esters is 6. The van der Waals surface area contributed by atoms with Crippen LogP contribution in [0.25, 0.3) is 0 Å². The number of hydrogen-bond donors (Lipinski definition) is 0. The van der Waals surface area contributed by atoms with Crippen LogP contribution < -0.4 is 0 Å². The van der Waals surface area contributed by atoms with Crippen LogP contribution in [0.4, 0.5) is 0 Å². The molecule has 12 heteroatoms. The molecule has 15 saturated carbocycles. The van der Waals surface area contributed by atoms with Crippen LogP contribution in [-0.4, -0.2) is 70.9 Å². The van der Waals surface area contributed by atoms with Crippen molar-refractivity contribution >= 4 is 35.8 Å². The Kier molecular flexibility index (Phi) is 18.3. The second kappa shape index (κ2) is 25.2. The molecule has 498 valence electrons. The summed E-state index contributed by atoms with van der Waals surface area (Å²) in [5, 5.41) is 0. The molecular weight excluding hydrogens is 1120 g/mol. The second-order valence-electron chi connectivity index (χ2n) is 34.5. The van der Waals surface area contributed by atoms with Crippen LogP contribution in [0, 0.1) is 142 Å². The molecule has 12 nitrogen and oxygen atoms in total. The van der Waals surface area contributed by atoms with Crippen molar-refractivity contribution in [2.75, 3.05) is 0 Å². The highest BCUT2D eigenvalue weighted by atomic mass is 16.6. The van der Waals surface area contributed by atoms with Gasteiger partial charge in [0.25, 0.3) is 0 Å². The van der Waals surface area contributed by atoms with Crippen LogP contribution >= 0.6 is 0 Å². The van der Waals surface area contributed by atoms with E-state index < -0.39 is 5.41 Å². The van der Waals surface area contributed by atoms with Crippen molar-refractivity contribution in [2.24, 2.45) is 142 Å². The van der Waals surface area contributed by atoms with Gasteiger partial charge in [-0.1, -0.05) is 61.3 Å². The normalized spacial score (nSPS) is 44.0. The summed E-state index contributed by atoms with van der Waals surface area (Å²) in [7, 11) is 0. The van der Waals surface area contributed by atoms with Crippen LogP contribution in [0.5, 0.6) is 0 Å². The molecule has 0 aromatic heterocycles. The summed E-state index contributed by atoms with van der Waals surface area (Å²) in [5.74, 6) is 11.5. The van der Waals surface area contributed by atoms with Gasteiger partial charge >= 0.3 is 35.8 Å². The highest BCUT2D eigenvalue weighted by Crippen LogP contribution is 2.72. The van der Waals surface area contributed by atoms with Crippen LogP contribution in [0.15, 0.2) is 0 Å². The molecular formula is C77H118O12. The van der Waals surface area contributed by atoms with Gasteiger partial charge in [0.1, 0.15) is 35.1 Å². The lowest BCUT2D eigenvalue weighted by molar-refractivity contribution is -0.174. The maximum atomic E-state index is 13.3. The van der Waals surface area contributed by atoms with Crippen molar-refractivity contribution in [2.45, 2.75) is 303 Å². The van der Waals surface area contributed by atoms with Crippen LogP contribution in [-0.2, 0) is 57.2 Å². The summed E-state index contributed by atoms with van der Waals surface area (Å²) in [6, 6.07) is 0. The summed E-state index contributed by atoms with van der Waals surface area (Å²) in [6.07, 6.45) is 34.0. The predicted molar refractivity (Wildman–Crippen MR) is 339 cm³/mol. The molecule has 0 spiro atoms. The Hall–Kier alpha value is -3.18. The molecule has 0 radical (unpaired) electrons. The quantitative estimate of drug-likeness (QED) is 0.0772. The van der Waals surface area contributed by atoms with Crippen LogP contribution in [0.2, 0.25) is 0 Å². The predicted octanol–water partition coefficient (Wildman–Crippen LogP) is 16.2. The fourth-order valence-corrected chi connectivity index (χ4v) is 24.7. The second-order valence-corrected chi connectivity index (χ2v) is 34.5. The Balaban J connectivity index is 0.000000123. The van der Waals surface area contributed by atoms with Crippen molar-refractivity contribution in [3.63, 3.8) is 0 Å².